The Bertz CT molecular complexity index is 560. The summed E-state index contributed by atoms with van der Waals surface area (Å²) in [4.78, 5) is 27.0. The molecule has 0 saturated heterocycles. The smallest absolute Gasteiger partial charge is 0.410 e. The van der Waals surface area contributed by atoms with Gasteiger partial charge >= 0.3 is 12.2 Å². The molecule has 0 N–H and O–H groups in total. The summed E-state index contributed by atoms with van der Waals surface area (Å²) in [5.74, 6) is 0. The normalized spacial score (nSPS) is 11.0. The molecule has 0 unspecified atom stereocenters. The van der Waals surface area contributed by atoms with Crippen LogP contribution in [0.25, 0.3) is 0 Å². The first-order chi connectivity index (χ1) is 12.2. The van der Waals surface area contributed by atoms with E-state index < -0.39 is 24.5 Å². The van der Waals surface area contributed by atoms with Gasteiger partial charge in [0.25, 0.3) is 0 Å². The third-order valence-corrected chi connectivity index (χ3v) is 3.44. The average molecular weight is 368 g/mol. The number of nitrogens with zero attached hydrogens (tertiary/aromatic N) is 2. The Morgan fingerprint density at radius 2 is 1.69 bits per heavy atom. The number of hydrogen-bond donors (Lipinski definition) is 0. The van der Waals surface area contributed by atoms with Crippen LogP contribution in [0, 0.1) is 0 Å². The third-order valence-electron chi connectivity index (χ3n) is 3.44. The number of carbonyl (C=O) groups excluding carboxylic acids is 2. The summed E-state index contributed by atoms with van der Waals surface area (Å²) in [5.41, 5.74) is 0.283. The molecule has 1 aromatic rings. The van der Waals surface area contributed by atoms with Crippen molar-refractivity contribution in [3.63, 3.8) is 0 Å². The monoisotopic (exact) mass is 368 g/mol. The Balaban J connectivity index is 2.54. The van der Waals surface area contributed by atoms with Crippen LogP contribution in [0.5, 0.6) is 0 Å². The zero-order chi connectivity index (χ0) is 19.6. The lowest BCUT2D eigenvalue weighted by Gasteiger charge is -2.27. The Labute approximate surface area is 154 Å². The lowest BCUT2D eigenvalue weighted by atomic mass is 10.2. The van der Waals surface area contributed by atoms with E-state index in [4.69, 9.17) is 9.47 Å². The van der Waals surface area contributed by atoms with Gasteiger partial charge in [-0.05, 0) is 32.8 Å². The molecule has 0 aliphatic rings. The molecular formula is C19H29FN2O4. The molecule has 0 spiro atoms. The molecule has 0 bridgehead atoms. The largest absolute Gasteiger partial charge is 0.445 e. The zero-order valence-electron chi connectivity index (χ0n) is 16.0. The van der Waals surface area contributed by atoms with Crippen molar-refractivity contribution in [2.45, 2.75) is 39.4 Å². The average Bonchev–Trinajstić information content (AvgIpc) is 2.59. The minimum Gasteiger partial charge on any atom is -0.445 e. The highest BCUT2D eigenvalue weighted by atomic mass is 19.1. The van der Waals surface area contributed by atoms with Gasteiger partial charge in [-0.25, -0.2) is 9.59 Å². The second-order valence-corrected chi connectivity index (χ2v) is 6.97. The maximum absolute atomic E-state index is 12.5. The van der Waals surface area contributed by atoms with Crippen LogP contribution in [-0.2, 0) is 16.1 Å². The molecule has 1 rings (SSSR count). The predicted octanol–water partition coefficient (Wildman–Crippen LogP) is 3.85. The Kier molecular flexibility index (Phi) is 8.88. The molecule has 26 heavy (non-hydrogen) atoms. The van der Waals surface area contributed by atoms with Crippen molar-refractivity contribution in [1.82, 2.24) is 9.80 Å². The first-order valence-corrected chi connectivity index (χ1v) is 8.68. The molecule has 0 saturated carbocycles. The van der Waals surface area contributed by atoms with Crippen molar-refractivity contribution in [1.29, 1.82) is 0 Å². The van der Waals surface area contributed by atoms with Gasteiger partial charge in [0.1, 0.15) is 12.2 Å². The fourth-order valence-corrected chi connectivity index (χ4v) is 2.06. The predicted molar refractivity (Wildman–Crippen MR) is 97.7 cm³/mol. The number of amides is 2. The molecule has 0 aliphatic carbocycles. The van der Waals surface area contributed by atoms with Crippen molar-refractivity contribution in [3.8, 4) is 0 Å². The topological polar surface area (TPSA) is 59.1 Å². The lowest BCUT2D eigenvalue weighted by molar-refractivity contribution is 0.0274. The van der Waals surface area contributed by atoms with Crippen LogP contribution in [0.15, 0.2) is 30.3 Å². The number of alkyl halides is 1. The maximum atomic E-state index is 12.5. The molecule has 0 fully saturated rings. The van der Waals surface area contributed by atoms with Crippen LogP contribution < -0.4 is 0 Å². The van der Waals surface area contributed by atoms with Gasteiger partial charge in [0.2, 0.25) is 0 Å². The summed E-state index contributed by atoms with van der Waals surface area (Å²) in [6, 6.07) is 9.32. The van der Waals surface area contributed by atoms with E-state index in [2.05, 4.69) is 0 Å². The van der Waals surface area contributed by atoms with Gasteiger partial charge in [-0.15, -0.1) is 0 Å². The molecule has 146 valence electrons. The molecule has 0 heterocycles. The number of ether oxygens (including phenoxy) is 2. The molecule has 0 aromatic heterocycles. The van der Waals surface area contributed by atoms with Crippen LogP contribution in [-0.4, -0.2) is 60.9 Å². The summed E-state index contributed by atoms with van der Waals surface area (Å²) in [7, 11) is 1.59. The van der Waals surface area contributed by atoms with Crippen LogP contribution >= 0.6 is 0 Å². The van der Waals surface area contributed by atoms with E-state index in [0.717, 1.165) is 5.56 Å². The Morgan fingerprint density at radius 3 is 2.27 bits per heavy atom. The molecule has 7 heteroatoms. The van der Waals surface area contributed by atoms with E-state index in [1.54, 1.807) is 27.8 Å². The second kappa shape index (κ2) is 10.6. The molecule has 0 radical (unpaired) electrons. The minimum atomic E-state index is -0.589. The zero-order valence-corrected chi connectivity index (χ0v) is 16.0. The van der Waals surface area contributed by atoms with E-state index in [1.165, 1.54) is 9.80 Å². The number of benzene rings is 1. The second-order valence-electron chi connectivity index (χ2n) is 6.97. The van der Waals surface area contributed by atoms with Crippen LogP contribution in [0.3, 0.4) is 0 Å². The van der Waals surface area contributed by atoms with E-state index in [-0.39, 0.29) is 32.7 Å². The Hall–Kier alpha value is -2.31. The van der Waals surface area contributed by atoms with Gasteiger partial charge in [-0.1, -0.05) is 30.3 Å². The third kappa shape index (κ3) is 8.69. The van der Waals surface area contributed by atoms with Crippen molar-refractivity contribution in [3.05, 3.63) is 35.9 Å². The summed E-state index contributed by atoms with van der Waals surface area (Å²) in [5, 5.41) is 0. The van der Waals surface area contributed by atoms with Gasteiger partial charge < -0.3 is 19.3 Å². The highest BCUT2D eigenvalue weighted by Gasteiger charge is 2.21. The molecule has 1 aromatic carbocycles. The summed E-state index contributed by atoms with van der Waals surface area (Å²) < 4.78 is 23.1. The van der Waals surface area contributed by atoms with Gasteiger partial charge in [-0.3, -0.25) is 4.39 Å². The van der Waals surface area contributed by atoms with Gasteiger partial charge in [0, 0.05) is 26.7 Å². The summed E-state index contributed by atoms with van der Waals surface area (Å²) >= 11 is 0. The number of rotatable bonds is 8. The summed E-state index contributed by atoms with van der Waals surface area (Å²) in [6.07, 6.45) is -0.781. The number of hydrogen-bond acceptors (Lipinski definition) is 4. The standard InChI is InChI=1S/C19H29FN2O4/c1-19(2,3)26-17(23)21(4)13-14-22(12-8-11-20)18(24)25-15-16-9-6-5-7-10-16/h5-7,9-10H,8,11-15H2,1-4H3. The highest BCUT2D eigenvalue weighted by Crippen LogP contribution is 2.09. The van der Waals surface area contributed by atoms with Gasteiger partial charge in [0.05, 0.1) is 6.67 Å². The van der Waals surface area contributed by atoms with Crippen molar-refractivity contribution in [2.75, 3.05) is 33.4 Å². The minimum absolute atomic E-state index is 0.147. The molecule has 2 amide bonds. The fraction of sp³-hybridized carbons (Fsp3) is 0.579. The number of carbonyl (C=O) groups is 2. The van der Waals surface area contributed by atoms with Crippen LogP contribution in [0.1, 0.15) is 32.8 Å². The number of likely N-dealkylation sites (N-methyl/N-ethyl adjacent to an activating group) is 1. The lowest BCUT2D eigenvalue weighted by Crippen LogP contribution is -2.42. The molecule has 0 aliphatic heterocycles. The first kappa shape index (κ1) is 21.7. The SMILES string of the molecule is CN(CCN(CCCF)C(=O)OCc1ccccc1)C(=O)OC(C)(C)C. The van der Waals surface area contributed by atoms with Crippen molar-refractivity contribution in [2.24, 2.45) is 0 Å². The van der Waals surface area contributed by atoms with E-state index >= 15 is 0 Å². The van der Waals surface area contributed by atoms with E-state index in [0.29, 0.717) is 0 Å². The van der Waals surface area contributed by atoms with Crippen molar-refractivity contribution >= 4 is 12.2 Å². The Morgan fingerprint density at radius 1 is 1.04 bits per heavy atom. The van der Waals surface area contributed by atoms with Crippen LogP contribution in [0.4, 0.5) is 14.0 Å². The van der Waals surface area contributed by atoms with Crippen molar-refractivity contribution < 1.29 is 23.5 Å². The maximum Gasteiger partial charge on any atom is 0.410 e. The van der Waals surface area contributed by atoms with E-state index in [1.807, 2.05) is 30.3 Å². The van der Waals surface area contributed by atoms with Gasteiger partial charge in [-0.2, -0.15) is 0 Å². The highest BCUT2D eigenvalue weighted by molar-refractivity contribution is 5.69. The summed E-state index contributed by atoms with van der Waals surface area (Å²) in [6.45, 7) is 5.71. The number of halogens is 1. The molecular weight excluding hydrogens is 339 g/mol. The van der Waals surface area contributed by atoms with Gasteiger partial charge in [0.15, 0.2) is 0 Å². The van der Waals surface area contributed by atoms with E-state index in [9.17, 15) is 14.0 Å². The molecule has 6 nitrogen and oxygen atoms in total. The van der Waals surface area contributed by atoms with Crippen LogP contribution in [0.2, 0.25) is 0 Å². The quantitative estimate of drug-likeness (QED) is 0.699. The fourth-order valence-electron chi connectivity index (χ4n) is 2.06. The molecule has 0 atom stereocenters. The first-order valence-electron chi connectivity index (χ1n) is 8.68.